The molecule has 0 aromatic rings. The van der Waals surface area contributed by atoms with Crippen LogP contribution in [-0.2, 0) is 52.9 Å². The van der Waals surface area contributed by atoms with E-state index in [1.54, 1.807) is 27.7 Å². The summed E-state index contributed by atoms with van der Waals surface area (Å²) in [6.07, 6.45) is 11.9. The van der Waals surface area contributed by atoms with Gasteiger partial charge in [0, 0.05) is 29.6 Å². The van der Waals surface area contributed by atoms with Crippen molar-refractivity contribution in [3.8, 4) is 0 Å². The number of Topliss-reactive ketones (excluding diaryl/α,β-unsaturated/α-hetero) is 2. The van der Waals surface area contributed by atoms with Gasteiger partial charge in [-0.25, -0.2) is 25.4 Å². The van der Waals surface area contributed by atoms with Crippen molar-refractivity contribution in [3.05, 3.63) is 24.3 Å². The molecule has 18 heteroatoms. The molecule has 0 aromatic heterocycles. The van der Waals surface area contributed by atoms with Crippen molar-refractivity contribution in [3.63, 3.8) is 0 Å². The quantitative estimate of drug-likeness (QED) is 0.0590. The minimum atomic E-state index is -3.79. The summed E-state index contributed by atoms with van der Waals surface area (Å²) in [4.78, 5) is 63.3. The Morgan fingerprint density at radius 1 is 0.637 bits per heavy atom. The van der Waals surface area contributed by atoms with Crippen molar-refractivity contribution in [1.29, 1.82) is 0 Å². The third kappa shape index (κ3) is 12.6. The molecule has 460 valence electrons. The van der Waals surface area contributed by atoms with E-state index in [1.807, 2.05) is 52.8 Å². The normalized spacial score (nSPS) is 30.1. The van der Waals surface area contributed by atoms with Crippen LogP contribution < -0.4 is 0 Å². The van der Waals surface area contributed by atoms with Crippen LogP contribution in [0.5, 0.6) is 0 Å². The molecule has 6 fully saturated rings. The van der Waals surface area contributed by atoms with Gasteiger partial charge in [0.15, 0.2) is 22.4 Å². The number of carbonyl (C=O) groups is 5. The van der Waals surface area contributed by atoms with Crippen LogP contribution in [-0.4, -0.2) is 119 Å². The zero-order valence-corrected chi connectivity index (χ0v) is 57.9. The highest BCUT2D eigenvalue weighted by Crippen LogP contribution is 2.71. The average Bonchev–Trinajstić information content (AvgIpc) is 4.01. The second-order valence-electron chi connectivity index (χ2n) is 30.8. The number of fused-ring (bicyclic) bond motifs is 2. The molecule has 2 heterocycles. The van der Waals surface area contributed by atoms with Crippen molar-refractivity contribution >= 4 is 66.3 Å². The van der Waals surface area contributed by atoms with Crippen LogP contribution in [0.4, 0.5) is 0 Å². The molecule has 1 N–H and O–H groups in total. The number of ketones is 2. The minimum absolute atomic E-state index is 0.00926. The van der Waals surface area contributed by atoms with Gasteiger partial charge < -0.3 is 18.8 Å². The lowest BCUT2D eigenvalue weighted by molar-refractivity contribution is -0.144. The Hall–Kier alpha value is -2.36. The van der Waals surface area contributed by atoms with Crippen LogP contribution in [0.3, 0.4) is 0 Å². The maximum atomic E-state index is 14.0. The second kappa shape index (κ2) is 23.5. The molecule has 2 aliphatic heterocycles. The summed E-state index contributed by atoms with van der Waals surface area (Å²) in [5, 5.41) is 11.4. The molecule has 13 atom stereocenters. The number of hydrogen-bond donors (Lipinski definition) is 1. The zero-order chi connectivity index (χ0) is 62.1. The maximum absolute atomic E-state index is 14.0. The lowest BCUT2D eigenvalue weighted by Crippen LogP contribution is -2.52. The largest absolute Gasteiger partial charge is 0.413 e. The highest BCUT2D eigenvalue weighted by molar-refractivity contribution is 7.90. The monoisotopic (exact) mass is 1190 g/mol. The molecule has 0 radical (unpaired) electrons. The molecule has 6 unspecified atom stereocenters. The van der Waals surface area contributed by atoms with Crippen LogP contribution in [0, 0.1) is 68.0 Å². The number of allylic oxidation sites excluding steroid dienone is 2. The Labute approximate surface area is 487 Å². The highest BCUT2D eigenvalue weighted by atomic mass is 32.2. The molecule has 2 saturated heterocycles. The van der Waals surface area contributed by atoms with Gasteiger partial charge in [0.25, 0.3) is 0 Å². The number of amides is 2. The van der Waals surface area contributed by atoms with E-state index < -0.39 is 77.3 Å². The summed E-state index contributed by atoms with van der Waals surface area (Å²) in [5.74, 6) is -0.775. The number of aliphatic hydroxyl groups excluding tert-OH is 1. The van der Waals surface area contributed by atoms with E-state index in [0.29, 0.717) is 18.3 Å². The van der Waals surface area contributed by atoms with Crippen molar-refractivity contribution in [2.75, 3.05) is 11.5 Å². The van der Waals surface area contributed by atoms with Crippen LogP contribution in [0.1, 0.15) is 190 Å². The Balaban J connectivity index is 0.000000288. The van der Waals surface area contributed by atoms with E-state index >= 15 is 0 Å². The van der Waals surface area contributed by atoms with E-state index in [0.717, 1.165) is 42.7 Å². The van der Waals surface area contributed by atoms with Crippen molar-refractivity contribution < 1.29 is 54.8 Å². The van der Waals surface area contributed by atoms with Crippen LogP contribution in [0.15, 0.2) is 24.3 Å². The molecule has 2 amide bonds. The van der Waals surface area contributed by atoms with Crippen LogP contribution >= 0.6 is 0 Å². The first-order valence-corrected chi connectivity index (χ1v) is 38.9. The molecule has 4 bridgehead atoms. The fraction of sp³-hybridized carbons (Fsp3) is 0.855. The molecule has 14 nitrogen and oxygen atoms in total. The third-order valence-corrected chi connectivity index (χ3v) is 35.3. The molecule has 4 saturated carbocycles. The van der Waals surface area contributed by atoms with Gasteiger partial charge in [-0.2, -0.15) is 0 Å². The maximum Gasteiger partial charge on any atom is 0.238 e. The third-order valence-electron chi connectivity index (χ3n) is 22.5. The van der Waals surface area contributed by atoms with Crippen LogP contribution in [0.25, 0.3) is 0 Å². The average molecular weight is 1200 g/mol. The standard InChI is InChI=1S/C31H55NO6SSi.C19H36O3Si.C12H19NO3S/c1-13-14-20(2)26(38-40(11,12)28(4,5)6)21(3)27(35)29(7,8)24(33)18-25(34)32-23-17-22-15-16-31(23,30(22,9)10)19-39(32,36)37;1-11-12-14(2)16(22-23(9,10)18(4,5)6)15(3)17(21)19(7,8)13-20;1-8(14)13-10-6-9-4-5-12(10,11(9,2)3)7-17(13,15)16/h13-14,20-24,26,33H,15-19H2,1-12H3;11-16H,1-10H3;9-10H,4-7H2,1-3H3/b14-13+;12-11+;/t20-,21+,22?,23?,24-,26-,31?;14-,15+,16-;/m00./s1. The fourth-order valence-electron chi connectivity index (χ4n) is 14.7. The first-order chi connectivity index (χ1) is 35.9. The number of carbonyl (C=O) groups excluding carboxylic acids is 5. The van der Waals surface area contributed by atoms with Gasteiger partial charge in [-0.05, 0) is 137 Å². The van der Waals surface area contributed by atoms with Gasteiger partial charge >= 0.3 is 0 Å². The number of nitrogens with zero attached hydrogens (tertiary/aromatic N) is 2. The SMILES string of the molecule is C/C=C/[C@H](C)[C@H](O[Si](C)(C)C(C)(C)C)[C@@H](C)C(=O)C(C)(C)C=O.C/C=C/[C@H](C)[C@H](O[Si](C)(C)C(C)(C)C)[C@@H](C)C(=O)C(C)(C)[C@@H](O)CC(=O)N1C2CC3CCC2(CS1(=O)=O)C3(C)C.CC(=O)N1C2CC3CCC2(CS1(=O)=O)C3(C)C. The smallest absolute Gasteiger partial charge is 0.238 e. The van der Waals surface area contributed by atoms with Gasteiger partial charge in [0.1, 0.15) is 12.1 Å². The van der Waals surface area contributed by atoms with Gasteiger partial charge in [0.2, 0.25) is 31.9 Å². The van der Waals surface area contributed by atoms with Gasteiger partial charge in [-0.15, -0.1) is 0 Å². The fourth-order valence-corrected chi connectivity index (χ4v) is 22.7. The Morgan fingerprint density at radius 3 is 1.31 bits per heavy atom. The Morgan fingerprint density at radius 2 is 0.988 bits per heavy atom. The van der Waals surface area contributed by atoms with Gasteiger partial charge in [0.05, 0.1) is 59.2 Å². The number of aldehydes is 1. The van der Waals surface area contributed by atoms with Crippen molar-refractivity contribution in [2.45, 2.75) is 257 Å². The highest BCUT2D eigenvalue weighted by Gasteiger charge is 2.73. The lowest BCUT2D eigenvalue weighted by atomic mass is 9.69. The number of aliphatic hydroxyl groups is 1. The predicted octanol–water partition coefficient (Wildman–Crippen LogP) is 12.3. The Bertz CT molecular complexity index is 2610. The van der Waals surface area contributed by atoms with E-state index in [2.05, 4.69) is 108 Å². The summed E-state index contributed by atoms with van der Waals surface area (Å²) in [6.45, 7) is 50.3. The second-order valence-corrected chi connectivity index (χ2v) is 44.0. The summed E-state index contributed by atoms with van der Waals surface area (Å²) in [6, 6.07) is -0.425. The Kier molecular flexibility index (Phi) is 20.6. The topological polar surface area (TPSA) is 199 Å². The lowest BCUT2D eigenvalue weighted by Gasteiger charge is -2.43. The minimum Gasteiger partial charge on any atom is -0.413 e. The molecule has 4 aliphatic carbocycles. The summed E-state index contributed by atoms with van der Waals surface area (Å²) >= 11 is 0. The van der Waals surface area contributed by atoms with E-state index in [4.69, 9.17) is 8.85 Å². The van der Waals surface area contributed by atoms with Crippen molar-refractivity contribution in [2.24, 2.45) is 68.0 Å². The van der Waals surface area contributed by atoms with Crippen molar-refractivity contribution in [1.82, 2.24) is 8.61 Å². The molecule has 6 rings (SSSR count). The summed E-state index contributed by atoms with van der Waals surface area (Å²) < 4.78 is 66.7. The zero-order valence-electron chi connectivity index (χ0n) is 54.3. The molecule has 0 aromatic carbocycles. The van der Waals surface area contributed by atoms with Gasteiger partial charge in [-0.3, -0.25) is 19.2 Å². The number of hydrogen-bond acceptors (Lipinski definition) is 12. The summed E-state index contributed by atoms with van der Waals surface area (Å²) in [7, 11) is -11.4. The first kappa shape index (κ1) is 70.1. The molecular formula is C62H110N2O12S2Si2. The van der Waals surface area contributed by atoms with Gasteiger partial charge in [-0.1, -0.05) is 135 Å². The van der Waals surface area contributed by atoms with Crippen LogP contribution in [0.2, 0.25) is 36.3 Å². The molecule has 2 spiro atoms. The first-order valence-electron chi connectivity index (χ1n) is 29.8. The number of sulfonamides is 2. The molecule has 80 heavy (non-hydrogen) atoms. The number of rotatable bonds is 18. The summed E-state index contributed by atoms with van der Waals surface area (Å²) in [5.41, 5.74) is -2.93. The van der Waals surface area contributed by atoms with E-state index in [-0.39, 0.29) is 97.3 Å². The van der Waals surface area contributed by atoms with E-state index in [1.165, 1.54) is 11.2 Å². The van der Waals surface area contributed by atoms with E-state index in [9.17, 15) is 45.9 Å². The molecular weight excluding hydrogens is 1080 g/mol. The predicted molar refractivity (Wildman–Crippen MR) is 326 cm³/mol. The molecule has 6 aliphatic rings.